The van der Waals surface area contributed by atoms with Crippen molar-refractivity contribution in [1.29, 1.82) is 0 Å². The Morgan fingerprint density at radius 2 is 1.62 bits per heavy atom. The number of nitrogens with one attached hydrogen (secondary N) is 2. The number of benzene rings is 2. The normalized spacial score (nSPS) is 25.0. The zero-order valence-corrected chi connectivity index (χ0v) is 29.4. The summed E-state index contributed by atoms with van der Waals surface area (Å²) in [6.07, 6.45) is 1.74. The van der Waals surface area contributed by atoms with Crippen molar-refractivity contribution in [2.45, 2.75) is 77.6 Å². The predicted molar refractivity (Wildman–Crippen MR) is 179 cm³/mol. The first kappa shape index (κ1) is 35.0. The molecule has 0 unspecified atom stereocenters. The Kier molecular flexibility index (Phi) is 8.47. The molecule has 2 heterocycles. The number of thiazole rings is 1. The highest BCUT2D eigenvalue weighted by Crippen LogP contribution is 2.72. The van der Waals surface area contributed by atoms with Crippen LogP contribution in [0.5, 0.6) is 0 Å². The van der Waals surface area contributed by atoms with Crippen molar-refractivity contribution in [3.8, 4) is 21.8 Å². The van der Waals surface area contributed by atoms with Gasteiger partial charge < -0.3 is 5.32 Å². The lowest BCUT2D eigenvalue weighted by Gasteiger charge is -2.66. The van der Waals surface area contributed by atoms with Gasteiger partial charge >= 0.3 is 6.18 Å². The Hall–Kier alpha value is -3.41. The summed E-state index contributed by atoms with van der Waals surface area (Å²) in [6, 6.07) is 6.94. The minimum absolute atomic E-state index is 0.0742. The van der Waals surface area contributed by atoms with Crippen molar-refractivity contribution in [3.05, 3.63) is 70.9 Å². The van der Waals surface area contributed by atoms with Crippen LogP contribution in [0.15, 0.2) is 53.6 Å². The highest BCUT2D eigenvalue weighted by Gasteiger charge is 2.69. The summed E-state index contributed by atoms with van der Waals surface area (Å²) >= 11 is 7.82. The number of hydrogen-bond acceptors (Lipinski definition) is 9. The summed E-state index contributed by atoms with van der Waals surface area (Å²) in [6.45, 7) is 0. The molecule has 50 heavy (non-hydrogen) atoms. The number of sulfonamides is 1. The van der Waals surface area contributed by atoms with Crippen LogP contribution in [0.4, 0.5) is 33.6 Å². The van der Waals surface area contributed by atoms with E-state index in [2.05, 4.69) is 15.3 Å². The van der Waals surface area contributed by atoms with E-state index in [4.69, 9.17) is 16.6 Å². The van der Waals surface area contributed by atoms with Gasteiger partial charge in [-0.1, -0.05) is 12.1 Å². The highest BCUT2D eigenvalue weighted by atomic mass is 35.5. The van der Waals surface area contributed by atoms with Crippen LogP contribution < -0.4 is 10.0 Å². The molecular formula is C32H29ClF5N5O4S3. The van der Waals surface area contributed by atoms with Gasteiger partial charge in [0.1, 0.15) is 25.6 Å². The molecule has 0 spiro atoms. The molecule has 4 aliphatic rings. The van der Waals surface area contributed by atoms with Gasteiger partial charge in [0, 0.05) is 34.3 Å². The lowest BCUT2D eigenvalue weighted by molar-refractivity contribution is -0.140. The molecule has 0 amide bonds. The van der Waals surface area contributed by atoms with Gasteiger partial charge in [0.2, 0.25) is 5.95 Å². The Balaban J connectivity index is 1.24. The molecule has 8 rings (SSSR count). The number of anilines is 2. The van der Waals surface area contributed by atoms with Gasteiger partial charge in [0.25, 0.3) is 10.0 Å². The average Bonchev–Trinajstić information content (AvgIpc) is 3.44. The van der Waals surface area contributed by atoms with Crippen LogP contribution in [-0.4, -0.2) is 54.2 Å². The van der Waals surface area contributed by atoms with Gasteiger partial charge in [-0.15, -0.1) is 22.9 Å². The summed E-state index contributed by atoms with van der Waals surface area (Å²) in [4.78, 5) is 12.3. The van der Waals surface area contributed by atoms with Crippen LogP contribution in [0.1, 0.15) is 55.5 Å². The van der Waals surface area contributed by atoms with Crippen LogP contribution in [0.2, 0.25) is 0 Å². The molecule has 0 radical (unpaired) electrons. The molecule has 4 aromatic rings. The van der Waals surface area contributed by atoms with Crippen molar-refractivity contribution < 1.29 is 38.8 Å². The Labute approximate surface area is 293 Å². The molecule has 18 heteroatoms. The molecule has 2 N–H and O–H groups in total. The zero-order chi connectivity index (χ0) is 35.9. The van der Waals surface area contributed by atoms with Crippen molar-refractivity contribution >= 4 is 54.4 Å². The van der Waals surface area contributed by atoms with Crippen LogP contribution in [0.25, 0.3) is 21.8 Å². The molecule has 0 saturated heterocycles. The van der Waals surface area contributed by atoms with Gasteiger partial charge in [-0.2, -0.15) is 13.2 Å². The second kappa shape index (κ2) is 12.1. The summed E-state index contributed by atoms with van der Waals surface area (Å²) in [7, 11) is -8.41. The molecule has 2 bridgehead atoms. The van der Waals surface area contributed by atoms with E-state index < -0.39 is 59.1 Å². The number of rotatable bonds is 9. The Morgan fingerprint density at radius 1 is 0.940 bits per heavy atom. The molecule has 0 atom stereocenters. The molecule has 266 valence electrons. The van der Waals surface area contributed by atoms with E-state index in [0.29, 0.717) is 72.7 Å². The maximum Gasteiger partial charge on any atom is 0.417 e. The third-order valence-electron chi connectivity index (χ3n) is 9.59. The third kappa shape index (κ3) is 6.34. The Bertz CT molecular complexity index is 2200. The smallest absolute Gasteiger partial charge is 0.351 e. The lowest BCUT2D eigenvalue weighted by Crippen LogP contribution is -2.66. The van der Waals surface area contributed by atoms with Crippen LogP contribution in [-0.2, 0) is 31.5 Å². The first-order valence-electron chi connectivity index (χ1n) is 15.5. The number of halogens is 6. The summed E-state index contributed by atoms with van der Waals surface area (Å²) in [5, 5.41) is 3.55. The second-order valence-electron chi connectivity index (χ2n) is 13.3. The molecule has 9 nitrogen and oxygen atoms in total. The van der Waals surface area contributed by atoms with E-state index in [-0.39, 0.29) is 33.5 Å². The maximum absolute atomic E-state index is 16.3. The standard InChI is InChI=1S/C32H29ClF5N5O4S3/c1-49(44,45)18-10-8-17(9-11-18)40-29-39-13-12-23(41-29)26-25(42-28(48-26)30-14-31(33,15-30)16-30)19-4-2-7-22(24(19)35)43-50(46,47)27-20(32(36,37)38)5-3-6-21(27)34/h2-7,12-13,17-18,43H,8-11,14-16H2,1H3,(H,39,40,41). The van der Waals surface area contributed by atoms with E-state index >= 15 is 4.39 Å². The number of alkyl halides is 4. The quantitative estimate of drug-likeness (QED) is 0.132. The largest absolute Gasteiger partial charge is 0.417 e. The topological polar surface area (TPSA) is 131 Å². The van der Waals surface area contributed by atoms with Crippen LogP contribution in [0, 0.1) is 11.6 Å². The van der Waals surface area contributed by atoms with Crippen molar-refractivity contribution in [1.82, 2.24) is 15.0 Å². The minimum atomic E-state index is -5.27. The van der Waals surface area contributed by atoms with Crippen LogP contribution >= 0.6 is 22.9 Å². The van der Waals surface area contributed by atoms with E-state index in [1.165, 1.54) is 35.9 Å². The van der Waals surface area contributed by atoms with E-state index in [1.807, 2.05) is 0 Å². The minimum Gasteiger partial charge on any atom is -0.351 e. The van der Waals surface area contributed by atoms with Gasteiger partial charge in [-0.05, 0) is 75.3 Å². The van der Waals surface area contributed by atoms with Crippen LogP contribution in [0.3, 0.4) is 0 Å². The van der Waals surface area contributed by atoms with Gasteiger partial charge in [-0.25, -0.2) is 40.6 Å². The summed E-state index contributed by atoms with van der Waals surface area (Å²) in [5.74, 6) is -2.52. The second-order valence-corrected chi connectivity index (χ2v) is 19.0. The van der Waals surface area contributed by atoms with E-state index in [0.717, 1.165) is 12.1 Å². The molecule has 4 saturated carbocycles. The molecule has 2 aromatic heterocycles. The fourth-order valence-corrected chi connectivity index (χ4v) is 11.6. The first-order valence-corrected chi connectivity index (χ1v) is 20.2. The van der Waals surface area contributed by atoms with Gasteiger partial charge in [0.15, 0.2) is 5.82 Å². The molecular weight excluding hydrogens is 745 g/mol. The SMILES string of the molecule is CS(=O)(=O)C1CCC(Nc2nccc(-c3sc(C45CC(Cl)(C4)C5)nc3-c3cccc(NS(=O)(=O)c4c(F)cccc4C(F)(F)F)c3F)n2)CC1. The maximum atomic E-state index is 16.3. The van der Waals surface area contributed by atoms with Crippen molar-refractivity contribution in [3.63, 3.8) is 0 Å². The van der Waals surface area contributed by atoms with E-state index in [1.54, 1.807) is 10.8 Å². The third-order valence-corrected chi connectivity index (χ3v) is 14.4. The van der Waals surface area contributed by atoms with E-state index in [9.17, 15) is 34.4 Å². The zero-order valence-electron chi connectivity index (χ0n) is 26.2. The molecule has 2 aromatic carbocycles. The predicted octanol–water partition coefficient (Wildman–Crippen LogP) is 7.55. The fraction of sp³-hybridized carbons (Fsp3) is 0.406. The number of aromatic nitrogens is 3. The van der Waals surface area contributed by atoms with Gasteiger partial charge in [0.05, 0.1) is 32.8 Å². The lowest BCUT2D eigenvalue weighted by atomic mass is 9.44. The van der Waals surface area contributed by atoms with Crippen molar-refractivity contribution in [2.24, 2.45) is 0 Å². The highest BCUT2D eigenvalue weighted by molar-refractivity contribution is 7.92. The fourth-order valence-electron chi connectivity index (χ4n) is 7.16. The number of nitrogens with zero attached hydrogens (tertiary/aromatic N) is 3. The Morgan fingerprint density at radius 3 is 2.26 bits per heavy atom. The van der Waals surface area contributed by atoms with Crippen molar-refractivity contribution in [2.75, 3.05) is 16.3 Å². The first-order chi connectivity index (χ1) is 23.4. The van der Waals surface area contributed by atoms with Gasteiger partial charge in [-0.3, -0.25) is 4.72 Å². The number of sulfone groups is 1. The molecule has 0 aliphatic heterocycles. The molecule has 4 fully saturated rings. The summed E-state index contributed by atoms with van der Waals surface area (Å²) in [5.41, 5.74) is -2.41. The molecule has 4 aliphatic carbocycles. The monoisotopic (exact) mass is 773 g/mol. The average molecular weight is 774 g/mol. The summed E-state index contributed by atoms with van der Waals surface area (Å²) < 4.78 is 124. The number of hydrogen-bond donors (Lipinski definition) is 2.